The van der Waals surface area contributed by atoms with Crippen LogP contribution in [-0.2, 0) is 6.42 Å². The molecular weight excluding hydrogens is 418 g/mol. The molecule has 0 spiro atoms. The van der Waals surface area contributed by atoms with Crippen LogP contribution >= 0.6 is 0 Å². The minimum absolute atomic E-state index is 0.245. The summed E-state index contributed by atoms with van der Waals surface area (Å²) in [7, 11) is 0. The van der Waals surface area contributed by atoms with Gasteiger partial charge >= 0.3 is 0 Å². The summed E-state index contributed by atoms with van der Waals surface area (Å²) >= 11 is 0. The van der Waals surface area contributed by atoms with Crippen molar-refractivity contribution in [1.82, 2.24) is 0 Å². The first-order valence-electron chi connectivity index (χ1n) is 12.3. The van der Waals surface area contributed by atoms with Crippen molar-refractivity contribution in [1.29, 1.82) is 0 Å². The summed E-state index contributed by atoms with van der Waals surface area (Å²) in [6, 6.07) is 0. The van der Waals surface area contributed by atoms with Crippen molar-refractivity contribution in [2.75, 3.05) is 20.0 Å². The maximum atomic E-state index is 12.5. The molecule has 0 aliphatic heterocycles. The minimum atomic E-state index is -0.696. The van der Waals surface area contributed by atoms with Gasteiger partial charge in [0.2, 0.25) is 0 Å². The van der Waals surface area contributed by atoms with Crippen LogP contribution in [0.25, 0.3) is 0 Å². The van der Waals surface area contributed by atoms with E-state index in [0.717, 1.165) is 72.9 Å². The Balaban J connectivity index is 2.58. The van der Waals surface area contributed by atoms with Crippen molar-refractivity contribution in [3.8, 4) is 11.5 Å². The molecule has 1 N–H and O–H groups in total. The van der Waals surface area contributed by atoms with E-state index in [1.54, 1.807) is 6.08 Å². The summed E-state index contributed by atoms with van der Waals surface area (Å²) in [6.07, 6.45) is 13.6. The molecule has 1 rings (SSSR count). The standard InChI is InChI=1S/C29H44F2O2/c1-7-8-17-27-25(6)28(32)23(4)24(5)29(27)33-18-11-15-22(3)13-9-12-21(2)14-10-16-26(19-30)20-31/h12,15-16,32H,7-11,13-14,17-20H2,1-6H3/b21-12+,22-15+. The number of allylic oxidation sites excluding steroid dienone is 5. The summed E-state index contributed by atoms with van der Waals surface area (Å²) in [5, 5.41) is 10.4. The molecule has 4 heteroatoms. The third kappa shape index (κ3) is 9.73. The molecule has 0 unspecified atom stereocenters. The van der Waals surface area contributed by atoms with E-state index in [1.165, 1.54) is 11.1 Å². The number of hydrogen-bond donors (Lipinski definition) is 1. The first-order chi connectivity index (χ1) is 15.8. The fourth-order valence-electron chi connectivity index (χ4n) is 3.88. The van der Waals surface area contributed by atoms with Gasteiger partial charge in [0, 0.05) is 5.56 Å². The van der Waals surface area contributed by atoms with Crippen molar-refractivity contribution >= 4 is 0 Å². The molecule has 0 radical (unpaired) electrons. The topological polar surface area (TPSA) is 29.5 Å². The van der Waals surface area contributed by atoms with Crippen LogP contribution in [0, 0.1) is 20.8 Å². The molecule has 0 aromatic heterocycles. The van der Waals surface area contributed by atoms with Crippen LogP contribution in [0.5, 0.6) is 11.5 Å². The summed E-state index contributed by atoms with van der Waals surface area (Å²) in [5.41, 5.74) is 6.85. The highest BCUT2D eigenvalue weighted by Crippen LogP contribution is 2.38. The molecule has 0 bridgehead atoms. The van der Waals surface area contributed by atoms with E-state index in [9.17, 15) is 13.9 Å². The zero-order chi connectivity index (χ0) is 24.8. The number of rotatable bonds is 15. The molecule has 0 fully saturated rings. The van der Waals surface area contributed by atoms with Gasteiger partial charge in [0.15, 0.2) is 0 Å². The molecule has 0 heterocycles. The Morgan fingerprint density at radius 2 is 1.42 bits per heavy atom. The van der Waals surface area contributed by atoms with Gasteiger partial charge in [0.05, 0.1) is 6.61 Å². The van der Waals surface area contributed by atoms with E-state index in [2.05, 4.69) is 32.9 Å². The fraction of sp³-hybridized carbons (Fsp3) is 0.586. The van der Waals surface area contributed by atoms with Crippen molar-refractivity contribution in [3.63, 3.8) is 0 Å². The Hall–Kier alpha value is -2.10. The second-order valence-corrected chi connectivity index (χ2v) is 9.08. The van der Waals surface area contributed by atoms with Gasteiger partial charge in [-0.3, -0.25) is 0 Å². The van der Waals surface area contributed by atoms with Crippen LogP contribution in [0.2, 0.25) is 0 Å². The van der Waals surface area contributed by atoms with Crippen LogP contribution < -0.4 is 4.74 Å². The molecule has 0 aliphatic carbocycles. The van der Waals surface area contributed by atoms with Crippen molar-refractivity contribution in [2.45, 2.75) is 92.9 Å². The van der Waals surface area contributed by atoms with Crippen LogP contribution in [0.1, 0.15) is 88.0 Å². The number of halogens is 2. The van der Waals surface area contributed by atoms with E-state index in [1.807, 2.05) is 20.8 Å². The van der Waals surface area contributed by atoms with E-state index in [-0.39, 0.29) is 5.57 Å². The highest BCUT2D eigenvalue weighted by molar-refractivity contribution is 5.57. The number of alkyl halides is 2. The Kier molecular flexibility index (Phi) is 13.8. The fourth-order valence-corrected chi connectivity index (χ4v) is 3.88. The molecule has 0 saturated heterocycles. The molecule has 0 atom stereocenters. The second-order valence-electron chi connectivity index (χ2n) is 9.08. The quantitative estimate of drug-likeness (QED) is 0.208. The Morgan fingerprint density at radius 3 is 2.00 bits per heavy atom. The van der Waals surface area contributed by atoms with E-state index >= 15 is 0 Å². The van der Waals surface area contributed by atoms with Crippen molar-refractivity contribution in [3.05, 3.63) is 57.2 Å². The third-order valence-electron chi connectivity index (χ3n) is 6.32. The van der Waals surface area contributed by atoms with Gasteiger partial charge < -0.3 is 9.84 Å². The van der Waals surface area contributed by atoms with E-state index < -0.39 is 13.3 Å². The maximum absolute atomic E-state index is 12.5. The number of aromatic hydroxyl groups is 1. The molecule has 33 heavy (non-hydrogen) atoms. The van der Waals surface area contributed by atoms with Gasteiger partial charge in [-0.1, -0.05) is 42.7 Å². The summed E-state index contributed by atoms with van der Waals surface area (Å²) in [6.45, 7) is 11.6. The first-order valence-corrected chi connectivity index (χ1v) is 12.3. The SMILES string of the molecule is CCCCc1c(C)c(O)c(C)c(C)c1OCC/C=C(\C)CC/C=C(\C)CCC=C(CF)CF. The zero-order valence-electron chi connectivity index (χ0n) is 21.6. The monoisotopic (exact) mass is 462 g/mol. The molecule has 0 saturated carbocycles. The first kappa shape index (κ1) is 28.9. The van der Waals surface area contributed by atoms with E-state index in [4.69, 9.17) is 4.74 Å². The molecule has 1 aromatic carbocycles. The number of phenols is 1. The van der Waals surface area contributed by atoms with E-state index in [0.29, 0.717) is 18.8 Å². The Morgan fingerprint density at radius 1 is 0.848 bits per heavy atom. The number of hydrogen-bond acceptors (Lipinski definition) is 2. The molecule has 1 aromatic rings. The Labute approximate surface area is 200 Å². The van der Waals surface area contributed by atoms with Crippen LogP contribution in [0.3, 0.4) is 0 Å². The predicted molar refractivity (Wildman–Crippen MR) is 137 cm³/mol. The van der Waals surface area contributed by atoms with Gasteiger partial charge in [-0.05, 0) is 102 Å². The van der Waals surface area contributed by atoms with Crippen LogP contribution in [0.4, 0.5) is 8.78 Å². The average molecular weight is 463 g/mol. The molecule has 0 aliphatic rings. The molecular formula is C29H44F2O2. The highest BCUT2D eigenvalue weighted by Gasteiger charge is 2.17. The van der Waals surface area contributed by atoms with Crippen molar-refractivity contribution < 1.29 is 18.6 Å². The average Bonchev–Trinajstić information content (AvgIpc) is 2.80. The largest absolute Gasteiger partial charge is 0.507 e. The molecule has 186 valence electrons. The van der Waals surface area contributed by atoms with Crippen LogP contribution in [0.15, 0.2) is 34.9 Å². The van der Waals surface area contributed by atoms with Gasteiger partial charge in [0.25, 0.3) is 0 Å². The number of unbranched alkanes of at least 4 members (excludes halogenated alkanes) is 1. The van der Waals surface area contributed by atoms with Gasteiger partial charge in [0.1, 0.15) is 24.8 Å². The molecule has 2 nitrogen and oxygen atoms in total. The predicted octanol–water partition coefficient (Wildman–Crippen LogP) is 8.75. The zero-order valence-corrected chi connectivity index (χ0v) is 21.6. The highest BCUT2D eigenvalue weighted by atomic mass is 19.1. The maximum Gasteiger partial charge on any atom is 0.126 e. The van der Waals surface area contributed by atoms with Crippen molar-refractivity contribution in [2.24, 2.45) is 0 Å². The Bertz CT molecular complexity index is 829. The summed E-state index contributed by atoms with van der Waals surface area (Å²) < 4.78 is 31.2. The summed E-state index contributed by atoms with van der Waals surface area (Å²) in [4.78, 5) is 0. The smallest absolute Gasteiger partial charge is 0.126 e. The number of benzene rings is 1. The third-order valence-corrected chi connectivity index (χ3v) is 6.32. The number of phenolic OH excluding ortho intramolecular Hbond substituents is 1. The number of ether oxygens (including phenoxy) is 1. The lowest BCUT2D eigenvalue weighted by molar-refractivity contribution is 0.317. The second kappa shape index (κ2) is 15.7. The normalized spacial score (nSPS) is 12.2. The lowest BCUT2D eigenvalue weighted by Crippen LogP contribution is -2.05. The molecule has 0 amide bonds. The lowest BCUT2D eigenvalue weighted by atomic mass is 9.94. The minimum Gasteiger partial charge on any atom is -0.507 e. The van der Waals surface area contributed by atoms with Gasteiger partial charge in [-0.15, -0.1) is 0 Å². The van der Waals surface area contributed by atoms with Gasteiger partial charge in [-0.25, -0.2) is 8.78 Å². The van der Waals surface area contributed by atoms with Crippen LogP contribution in [-0.4, -0.2) is 25.1 Å². The lowest BCUT2D eigenvalue weighted by Gasteiger charge is -2.20. The van der Waals surface area contributed by atoms with Gasteiger partial charge in [-0.2, -0.15) is 0 Å². The summed E-state index contributed by atoms with van der Waals surface area (Å²) in [5.74, 6) is 1.34.